The lowest BCUT2D eigenvalue weighted by Crippen LogP contribution is -2.45. The molecule has 1 aromatic rings. The number of nitrogens with zero attached hydrogens (tertiary/aromatic N) is 2. The van der Waals surface area contributed by atoms with E-state index in [4.69, 9.17) is 4.42 Å². The summed E-state index contributed by atoms with van der Waals surface area (Å²) in [6.07, 6.45) is 4.27. The minimum atomic E-state index is -0.293. The molecule has 0 aromatic carbocycles. The molecule has 1 aliphatic heterocycles. The normalized spacial score (nSPS) is 19.3. The molecular weight excluding hydrogens is 248 g/mol. The first-order valence-corrected chi connectivity index (χ1v) is 6.41. The smallest absolute Gasteiger partial charge is 0.307 e. The Labute approximate surface area is 111 Å². The van der Waals surface area contributed by atoms with Gasteiger partial charge in [-0.2, -0.15) is 0 Å². The van der Waals surface area contributed by atoms with Gasteiger partial charge >= 0.3 is 5.97 Å². The van der Waals surface area contributed by atoms with Gasteiger partial charge in [-0.1, -0.05) is 0 Å². The van der Waals surface area contributed by atoms with E-state index < -0.39 is 0 Å². The van der Waals surface area contributed by atoms with Gasteiger partial charge in [-0.3, -0.25) is 9.59 Å². The van der Waals surface area contributed by atoms with Crippen LogP contribution in [0.15, 0.2) is 10.8 Å². The van der Waals surface area contributed by atoms with E-state index in [9.17, 15) is 9.59 Å². The second kappa shape index (κ2) is 5.86. The molecule has 1 fully saturated rings. The number of piperidine rings is 1. The molecule has 19 heavy (non-hydrogen) atoms. The number of ether oxygens (including phenoxy) is 1. The molecule has 0 saturated carbocycles. The predicted molar refractivity (Wildman–Crippen MR) is 66.5 cm³/mol. The van der Waals surface area contributed by atoms with E-state index in [0.717, 1.165) is 19.3 Å². The first kappa shape index (κ1) is 13.6. The van der Waals surface area contributed by atoms with Crippen LogP contribution < -0.4 is 0 Å². The number of carbonyl (C=O) groups is 2. The zero-order chi connectivity index (χ0) is 13.8. The zero-order valence-corrected chi connectivity index (χ0v) is 11.2. The Bertz CT molecular complexity index is 469. The minimum absolute atomic E-state index is 0.113. The quantitative estimate of drug-likeness (QED) is 0.776. The van der Waals surface area contributed by atoms with Crippen LogP contribution in [-0.2, 0) is 9.53 Å². The molecule has 1 aliphatic rings. The lowest BCUT2D eigenvalue weighted by Gasteiger charge is -2.34. The van der Waals surface area contributed by atoms with Crippen molar-refractivity contribution >= 4 is 11.9 Å². The predicted octanol–water partition coefficient (Wildman–Crippen LogP) is 1.54. The van der Waals surface area contributed by atoms with Crippen molar-refractivity contribution in [1.29, 1.82) is 0 Å². The van der Waals surface area contributed by atoms with E-state index in [0.29, 0.717) is 12.2 Å². The zero-order valence-electron chi connectivity index (χ0n) is 11.2. The van der Waals surface area contributed by atoms with Crippen molar-refractivity contribution in [3.63, 3.8) is 0 Å². The van der Waals surface area contributed by atoms with Gasteiger partial charge in [-0.25, -0.2) is 4.98 Å². The van der Waals surface area contributed by atoms with Gasteiger partial charge in [0.2, 0.25) is 5.76 Å². The number of hydrogen-bond acceptors (Lipinski definition) is 5. The van der Waals surface area contributed by atoms with Gasteiger partial charge in [0.25, 0.3) is 5.91 Å². The van der Waals surface area contributed by atoms with Crippen LogP contribution in [0.4, 0.5) is 0 Å². The molecular formula is C13H18N2O4. The Morgan fingerprint density at radius 2 is 2.32 bits per heavy atom. The van der Waals surface area contributed by atoms with Crippen molar-refractivity contribution < 1.29 is 18.7 Å². The molecule has 1 amide bonds. The fraction of sp³-hybridized carbons (Fsp3) is 0.615. The molecule has 104 valence electrons. The molecule has 0 N–H and O–H groups in total. The van der Waals surface area contributed by atoms with Crippen LogP contribution in [-0.4, -0.2) is 41.5 Å². The van der Waals surface area contributed by atoms with E-state index in [1.165, 1.54) is 13.5 Å². The van der Waals surface area contributed by atoms with Crippen LogP contribution in [0.1, 0.15) is 41.9 Å². The summed E-state index contributed by atoms with van der Waals surface area (Å²) in [7, 11) is 1.36. The monoisotopic (exact) mass is 266 g/mol. The number of carbonyl (C=O) groups excluding carboxylic acids is 2. The molecule has 1 atom stereocenters. The largest absolute Gasteiger partial charge is 0.469 e. The second-order valence-corrected chi connectivity index (χ2v) is 4.70. The van der Waals surface area contributed by atoms with E-state index in [1.807, 2.05) is 0 Å². The van der Waals surface area contributed by atoms with Gasteiger partial charge in [0.1, 0.15) is 0 Å². The number of esters is 1. The molecule has 0 bridgehead atoms. The van der Waals surface area contributed by atoms with Crippen LogP contribution >= 0.6 is 0 Å². The van der Waals surface area contributed by atoms with E-state index in [-0.39, 0.29) is 30.1 Å². The van der Waals surface area contributed by atoms with Crippen molar-refractivity contribution in [3.05, 3.63) is 17.8 Å². The Balaban J connectivity index is 2.13. The molecule has 0 radical (unpaired) electrons. The average molecular weight is 266 g/mol. The third kappa shape index (κ3) is 2.94. The van der Waals surface area contributed by atoms with Gasteiger partial charge in [-0.05, 0) is 26.2 Å². The van der Waals surface area contributed by atoms with Gasteiger partial charge < -0.3 is 14.1 Å². The molecule has 1 unspecified atom stereocenters. The highest BCUT2D eigenvalue weighted by atomic mass is 16.5. The summed E-state index contributed by atoms with van der Waals surface area (Å²) >= 11 is 0. The van der Waals surface area contributed by atoms with Gasteiger partial charge in [0.05, 0.1) is 19.2 Å². The van der Waals surface area contributed by atoms with Crippen LogP contribution in [0.3, 0.4) is 0 Å². The summed E-state index contributed by atoms with van der Waals surface area (Å²) in [5.41, 5.74) is 0.576. The third-order valence-electron chi connectivity index (χ3n) is 3.46. The van der Waals surface area contributed by atoms with Crippen molar-refractivity contribution in [2.24, 2.45) is 0 Å². The molecule has 0 aliphatic carbocycles. The SMILES string of the molecule is COC(=O)CC1CCCCN1C(=O)c1ocnc1C. The van der Waals surface area contributed by atoms with Crippen LogP contribution in [0, 0.1) is 6.92 Å². The molecule has 2 rings (SSSR count). The standard InChI is InChI=1S/C13H18N2O4/c1-9-12(19-8-14-9)13(17)15-6-4-3-5-10(15)7-11(16)18-2/h8,10H,3-7H2,1-2H3. The number of aryl methyl sites for hydroxylation is 1. The fourth-order valence-corrected chi connectivity index (χ4v) is 2.39. The minimum Gasteiger partial charge on any atom is -0.469 e. The second-order valence-electron chi connectivity index (χ2n) is 4.70. The van der Waals surface area contributed by atoms with Crippen molar-refractivity contribution in [2.75, 3.05) is 13.7 Å². The molecule has 2 heterocycles. The van der Waals surface area contributed by atoms with Gasteiger partial charge in [-0.15, -0.1) is 0 Å². The first-order chi connectivity index (χ1) is 9.13. The van der Waals surface area contributed by atoms with E-state index in [2.05, 4.69) is 9.72 Å². The van der Waals surface area contributed by atoms with E-state index in [1.54, 1.807) is 11.8 Å². The van der Waals surface area contributed by atoms with Crippen molar-refractivity contribution in [2.45, 2.75) is 38.6 Å². The number of oxazole rings is 1. The number of amides is 1. The Morgan fingerprint density at radius 3 is 2.95 bits per heavy atom. The fourth-order valence-electron chi connectivity index (χ4n) is 2.39. The Morgan fingerprint density at radius 1 is 1.53 bits per heavy atom. The Kier molecular flexibility index (Phi) is 4.19. The molecule has 0 spiro atoms. The summed E-state index contributed by atoms with van der Waals surface area (Å²) in [5.74, 6) is -0.223. The van der Waals surface area contributed by atoms with Crippen molar-refractivity contribution in [3.8, 4) is 0 Å². The number of rotatable bonds is 3. The third-order valence-corrected chi connectivity index (χ3v) is 3.46. The molecule has 1 aromatic heterocycles. The maximum atomic E-state index is 12.4. The maximum Gasteiger partial charge on any atom is 0.307 e. The van der Waals surface area contributed by atoms with Crippen LogP contribution in [0.5, 0.6) is 0 Å². The van der Waals surface area contributed by atoms with Gasteiger partial charge in [0.15, 0.2) is 6.39 Å². The number of methoxy groups -OCH3 is 1. The van der Waals surface area contributed by atoms with Gasteiger partial charge in [0, 0.05) is 12.6 Å². The molecule has 6 nitrogen and oxygen atoms in total. The van der Waals surface area contributed by atoms with E-state index >= 15 is 0 Å². The highest BCUT2D eigenvalue weighted by molar-refractivity contribution is 5.93. The average Bonchev–Trinajstić information content (AvgIpc) is 2.84. The highest BCUT2D eigenvalue weighted by Gasteiger charge is 2.31. The number of hydrogen-bond donors (Lipinski definition) is 0. The van der Waals surface area contributed by atoms with Crippen molar-refractivity contribution in [1.82, 2.24) is 9.88 Å². The summed E-state index contributed by atoms with van der Waals surface area (Å²) in [6.45, 7) is 2.37. The lowest BCUT2D eigenvalue weighted by molar-refractivity contribution is -0.142. The number of likely N-dealkylation sites (tertiary alicyclic amines) is 1. The maximum absolute atomic E-state index is 12.4. The summed E-state index contributed by atoms with van der Waals surface area (Å²) < 4.78 is 9.82. The summed E-state index contributed by atoms with van der Waals surface area (Å²) in [6, 6.07) is -0.113. The Hall–Kier alpha value is -1.85. The molecule has 1 saturated heterocycles. The lowest BCUT2D eigenvalue weighted by atomic mass is 9.99. The molecule has 6 heteroatoms. The number of aromatic nitrogens is 1. The highest BCUT2D eigenvalue weighted by Crippen LogP contribution is 2.23. The summed E-state index contributed by atoms with van der Waals surface area (Å²) in [4.78, 5) is 29.4. The summed E-state index contributed by atoms with van der Waals surface area (Å²) in [5, 5.41) is 0. The van der Waals surface area contributed by atoms with Crippen LogP contribution in [0.25, 0.3) is 0 Å². The first-order valence-electron chi connectivity index (χ1n) is 6.41. The topological polar surface area (TPSA) is 72.6 Å². The van der Waals surface area contributed by atoms with Crippen LogP contribution in [0.2, 0.25) is 0 Å².